The first-order valence-corrected chi connectivity index (χ1v) is 6.74. The first-order valence-electron chi connectivity index (χ1n) is 6.74. The lowest BCUT2D eigenvalue weighted by atomic mass is 10.0. The Bertz CT molecular complexity index is 445. The second-order valence-corrected chi connectivity index (χ2v) is 4.84. The maximum Gasteiger partial charge on any atom is 0.118 e. The van der Waals surface area contributed by atoms with Crippen LogP contribution in [0.3, 0.4) is 0 Å². The van der Waals surface area contributed by atoms with Gasteiger partial charge in [-0.3, -0.25) is 0 Å². The van der Waals surface area contributed by atoms with Gasteiger partial charge in [0.05, 0.1) is 7.11 Å². The Balaban J connectivity index is 2.71. The highest BCUT2D eigenvalue weighted by Gasteiger charge is 1.97. The van der Waals surface area contributed by atoms with Crippen molar-refractivity contribution in [2.24, 2.45) is 5.92 Å². The zero-order chi connectivity index (χ0) is 14.1. The molecule has 0 aromatic heterocycles. The van der Waals surface area contributed by atoms with E-state index < -0.39 is 0 Å². The summed E-state index contributed by atoms with van der Waals surface area (Å²) < 4.78 is 5.16. The molecule has 0 radical (unpaired) electrons. The molecule has 1 nitrogen and oxygen atoms in total. The maximum atomic E-state index is 5.16. The number of allylic oxidation sites excluding steroid dienone is 5. The van der Waals surface area contributed by atoms with Gasteiger partial charge in [0, 0.05) is 0 Å². The predicted octanol–water partition coefficient (Wildman–Crippen LogP) is 5.26. The van der Waals surface area contributed by atoms with Crippen LogP contribution in [0.4, 0.5) is 0 Å². The fraction of sp³-hybridized carbons (Fsp3) is 0.333. The van der Waals surface area contributed by atoms with Gasteiger partial charge in [0.2, 0.25) is 0 Å². The van der Waals surface area contributed by atoms with Crippen LogP contribution in [0, 0.1) is 5.92 Å². The second-order valence-electron chi connectivity index (χ2n) is 4.84. The Hall–Kier alpha value is -1.76. The molecule has 0 spiro atoms. The maximum absolute atomic E-state index is 5.16. The standard InChI is InChI=1S/C18H24O/c1-5-6-16(8-7-15(2)3)9-10-17-11-13-18(19-4)14-12-17/h5-7,9-14,16H,8H2,1-4H3/b6-5-,10-9+. The molecule has 0 aliphatic rings. The molecule has 1 rings (SSSR count). The molecule has 0 bridgehead atoms. The summed E-state index contributed by atoms with van der Waals surface area (Å²) in [5.41, 5.74) is 2.57. The smallest absolute Gasteiger partial charge is 0.118 e. The molecular formula is C18H24O. The van der Waals surface area contributed by atoms with Crippen LogP contribution in [0.2, 0.25) is 0 Å². The Labute approximate surface area is 117 Å². The summed E-state index contributed by atoms with van der Waals surface area (Å²) in [6, 6.07) is 8.12. The lowest BCUT2D eigenvalue weighted by Crippen LogP contribution is -1.89. The first-order chi connectivity index (χ1) is 9.15. The number of hydrogen-bond donors (Lipinski definition) is 0. The van der Waals surface area contributed by atoms with E-state index in [1.165, 1.54) is 11.1 Å². The Morgan fingerprint density at radius 2 is 1.84 bits per heavy atom. The van der Waals surface area contributed by atoms with E-state index in [1.54, 1.807) is 7.11 Å². The predicted molar refractivity (Wildman–Crippen MR) is 84.4 cm³/mol. The quantitative estimate of drug-likeness (QED) is 0.631. The van der Waals surface area contributed by atoms with E-state index in [0.29, 0.717) is 5.92 Å². The zero-order valence-electron chi connectivity index (χ0n) is 12.4. The Morgan fingerprint density at radius 1 is 1.16 bits per heavy atom. The summed E-state index contributed by atoms with van der Waals surface area (Å²) in [7, 11) is 1.69. The van der Waals surface area contributed by atoms with Crippen molar-refractivity contribution in [1.29, 1.82) is 0 Å². The molecule has 0 fully saturated rings. The highest BCUT2D eigenvalue weighted by atomic mass is 16.5. The topological polar surface area (TPSA) is 9.23 Å². The number of ether oxygens (including phenoxy) is 1. The summed E-state index contributed by atoms with van der Waals surface area (Å²) in [5, 5.41) is 0. The van der Waals surface area contributed by atoms with Crippen molar-refractivity contribution in [3.05, 3.63) is 59.7 Å². The third-order valence-electron chi connectivity index (χ3n) is 2.89. The highest BCUT2D eigenvalue weighted by molar-refractivity contribution is 5.51. The molecule has 1 aromatic carbocycles. The lowest BCUT2D eigenvalue weighted by molar-refractivity contribution is 0.415. The normalized spacial score (nSPS) is 12.8. The van der Waals surface area contributed by atoms with Crippen molar-refractivity contribution < 1.29 is 4.74 Å². The average Bonchev–Trinajstić information content (AvgIpc) is 2.42. The SMILES string of the molecule is C/C=C\C(/C=C/c1ccc(OC)cc1)CC=C(C)C. The van der Waals surface area contributed by atoms with Crippen molar-refractivity contribution in [1.82, 2.24) is 0 Å². The molecule has 0 saturated carbocycles. The van der Waals surface area contributed by atoms with Crippen molar-refractivity contribution in [2.75, 3.05) is 7.11 Å². The van der Waals surface area contributed by atoms with Crippen LogP contribution in [-0.2, 0) is 0 Å². The van der Waals surface area contributed by atoms with E-state index in [9.17, 15) is 0 Å². The van der Waals surface area contributed by atoms with E-state index >= 15 is 0 Å². The first kappa shape index (κ1) is 15.3. The van der Waals surface area contributed by atoms with Gasteiger partial charge in [-0.05, 0) is 50.8 Å². The number of methoxy groups -OCH3 is 1. The second kappa shape index (κ2) is 8.36. The fourth-order valence-corrected chi connectivity index (χ4v) is 1.79. The molecule has 1 heteroatoms. The highest BCUT2D eigenvalue weighted by Crippen LogP contribution is 2.15. The molecule has 0 heterocycles. The van der Waals surface area contributed by atoms with Crippen LogP contribution < -0.4 is 4.74 Å². The van der Waals surface area contributed by atoms with Gasteiger partial charge in [0.15, 0.2) is 0 Å². The molecular weight excluding hydrogens is 232 g/mol. The van der Waals surface area contributed by atoms with E-state index in [1.807, 2.05) is 12.1 Å². The molecule has 102 valence electrons. The summed E-state index contributed by atoms with van der Waals surface area (Å²) in [6.07, 6.45) is 12.1. The van der Waals surface area contributed by atoms with Gasteiger partial charge in [0.25, 0.3) is 0 Å². The molecule has 0 amide bonds. The fourth-order valence-electron chi connectivity index (χ4n) is 1.79. The minimum atomic E-state index is 0.460. The third kappa shape index (κ3) is 6.10. The van der Waals surface area contributed by atoms with Crippen molar-refractivity contribution in [3.8, 4) is 5.75 Å². The zero-order valence-corrected chi connectivity index (χ0v) is 12.4. The van der Waals surface area contributed by atoms with Crippen LogP contribution in [0.1, 0.15) is 32.8 Å². The van der Waals surface area contributed by atoms with E-state index in [2.05, 4.69) is 63.3 Å². The number of rotatable bonds is 6. The van der Waals surface area contributed by atoms with Gasteiger partial charge in [-0.25, -0.2) is 0 Å². The van der Waals surface area contributed by atoms with Crippen LogP contribution in [-0.4, -0.2) is 7.11 Å². The molecule has 1 unspecified atom stereocenters. The van der Waals surface area contributed by atoms with Crippen LogP contribution in [0.15, 0.2) is 54.1 Å². The monoisotopic (exact) mass is 256 g/mol. The van der Waals surface area contributed by atoms with E-state index in [0.717, 1.165) is 12.2 Å². The molecule has 0 aliphatic heterocycles. The molecule has 1 aromatic rings. The van der Waals surface area contributed by atoms with Crippen LogP contribution >= 0.6 is 0 Å². The van der Waals surface area contributed by atoms with Crippen LogP contribution in [0.5, 0.6) is 5.75 Å². The number of benzene rings is 1. The van der Waals surface area contributed by atoms with Crippen molar-refractivity contribution in [2.45, 2.75) is 27.2 Å². The van der Waals surface area contributed by atoms with Gasteiger partial charge in [-0.2, -0.15) is 0 Å². The van der Waals surface area contributed by atoms with Gasteiger partial charge >= 0.3 is 0 Å². The molecule has 0 saturated heterocycles. The largest absolute Gasteiger partial charge is 0.497 e. The number of hydrogen-bond acceptors (Lipinski definition) is 1. The van der Waals surface area contributed by atoms with Crippen molar-refractivity contribution >= 4 is 6.08 Å². The minimum Gasteiger partial charge on any atom is -0.497 e. The molecule has 0 aliphatic carbocycles. The molecule has 1 atom stereocenters. The van der Waals surface area contributed by atoms with Gasteiger partial charge in [-0.15, -0.1) is 0 Å². The molecule has 19 heavy (non-hydrogen) atoms. The average molecular weight is 256 g/mol. The summed E-state index contributed by atoms with van der Waals surface area (Å²) in [6.45, 7) is 6.34. The Morgan fingerprint density at radius 3 is 2.37 bits per heavy atom. The van der Waals surface area contributed by atoms with E-state index in [-0.39, 0.29) is 0 Å². The van der Waals surface area contributed by atoms with Crippen LogP contribution in [0.25, 0.3) is 6.08 Å². The summed E-state index contributed by atoms with van der Waals surface area (Å²) in [4.78, 5) is 0. The summed E-state index contributed by atoms with van der Waals surface area (Å²) >= 11 is 0. The Kier molecular flexibility index (Phi) is 6.73. The third-order valence-corrected chi connectivity index (χ3v) is 2.89. The van der Waals surface area contributed by atoms with E-state index in [4.69, 9.17) is 4.74 Å². The van der Waals surface area contributed by atoms with Gasteiger partial charge < -0.3 is 4.74 Å². The van der Waals surface area contributed by atoms with Crippen molar-refractivity contribution in [3.63, 3.8) is 0 Å². The summed E-state index contributed by atoms with van der Waals surface area (Å²) in [5.74, 6) is 1.36. The van der Waals surface area contributed by atoms with Gasteiger partial charge in [0.1, 0.15) is 5.75 Å². The lowest BCUT2D eigenvalue weighted by Gasteiger charge is -2.05. The van der Waals surface area contributed by atoms with Gasteiger partial charge in [-0.1, -0.05) is 48.1 Å². The molecule has 0 N–H and O–H groups in total. The minimum absolute atomic E-state index is 0.460.